The van der Waals surface area contributed by atoms with Crippen molar-refractivity contribution in [2.45, 2.75) is 31.3 Å². The minimum Gasteiger partial charge on any atom is -0.443 e. The summed E-state index contributed by atoms with van der Waals surface area (Å²) in [5.74, 6) is 0. The second-order valence-electron chi connectivity index (χ2n) is 5.41. The third-order valence-corrected chi connectivity index (χ3v) is 3.51. The lowest BCUT2D eigenvalue weighted by molar-refractivity contribution is 0.0544. The minimum atomic E-state index is -3.93. The zero-order valence-electron chi connectivity index (χ0n) is 11.5. The van der Waals surface area contributed by atoms with Crippen LogP contribution in [0.15, 0.2) is 35.4 Å². The molecule has 108 valence electrons. The zero-order valence-corrected chi connectivity index (χ0v) is 12.3. The number of nitrogens with zero attached hydrogens (tertiary/aromatic N) is 1. The summed E-state index contributed by atoms with van der Waals surface area (Å²) in [5, 5.41) is 5.78. The van der Waals surface area contributed by atoms with Gasteiger partial charge in [0.2, 0.25) is 10.0 Å². The van der Waals surface area contributed by atoms with Gasteiger partial charge in [-0.15, -0.1) is 0 Å². The molecule has 1 aromatic carbocycles. The normalized spacial score (nSPS) is 12.6. The van der Waals surface area contributed by atoms with Gasteiger partial charge in [-0.05, 0) is 32.9 Å². The number of hydrogen-bond donors (Lipinski definition) is 1. The van der Waals surface area contributed by atoms with Gasteiger partial charge in [0.15, 0.2) is 0 Å². The number of hydrogen-bond acceptors (Lipinski definition) is 4. The van der Waals surface area contributed by atoms with Crippen molar-refractivity contribution in [2.75, 3.05) is 0 Å². The molecule has 0 aliphatic heterocycles. The average molecular weight is 296 g/mol. The molecule has 0 bridgehead atoms. The predicted octanol–water partition coefficient (Wildman–Crippen LogP) is 2.07. The first-order chi connectivity index (χ1) is 9.09. The molecule has 1 aromatic heterocycles. The third kappa shape index (κ3) is 2.83. The number of sulfonamides is 1. The summed E-state index contributed by atoms with van der Waals surface area (Å²) in [6.07, 6.45) is 0.816. The van der Waals surface area contributed by atoms with Crippen LogP contribution in [0.25, 0.3) is 10.9 Å². The van der Waals surface area contributed by atoms with Crippen molar-refractivity contribution in [2.24, 2.45) is 5.14 Å². The van der Waals surface area contributed by atoms with E-state index in [1.54, 1.807) is 39.0 Å². The van der Waals surface area contributed by atoms with Crippen molar-refractivity contribution in [3.63, 3.8) is 0 Å². The molecule has 2 N–H and O–H groups in total. The van der Waals surface area contributed by atoms with E-state index in [0.717, 1.165) is 4.57 Å². The number of para-hydroxylation sites is 1. The van der Waals surface area contributed by atoms with Crippen LogP contribution >= 0.6 is 0 Å². The zero-order chi connectivity index (χ0) is 15.1. The van der Waals surface area contributed by atoms with Gasteiger partial charge < -0.3 is 4.74 Å². The fourth-order valence-electron chi connectivity index (χ4n) is 1.85. The van der Waals surface area contributed by atoms with E-state index in [1.807, 2.05) is 0 Å². The SMILES string of the molecule is CC(C)(C)OC(=O)n1ccc2cccc(S(N)(=O)=O)c21. The molecule has 2 rings (SSSR count). The standard InChI is InChI=1S/C13H16N2O4S/c1-13(2,3)19-12(16)15-8-7-9-5-4-6-10(11(9)15)20(14,17)18/h4-8H,1-3H3,(H2,14,17,18). The molecule has 0 fully saturated rings. The summed E-state index contributed by atoms with van der Waals surface area (Å²) in [6.45, 7) is 5.20. The molecule has 0 saturated carbocycles. The third-order valence-electron chi connectivity index (χ3n) is 2.57. The highest BCUT2D eigenvalue weighted by molar-refractivity contribution is 7.89. The molecule has 7 heteroatoms. The van der Waals surface area contributed by atoms with E-state index >= 15 is 0 Å². The van der Waals surface area contributed by atoms with E-state index in [0.29, 0.717) is 5.39 Å². The van der Waals surface area contributed by atoms with Crippen LogP contribution in [0.5, 0.6) is 0 Å². The van der Waals surface area contributed by atoms with Gasteiger partial charge in [-0.2, -0.15) is 0 Å². The van der Waals surface area contributed by atoms with E-state index in [4.69, 9.17) is 9.88 Å². The van der Waals surface area contributed by atoms with Crippen LogP contribution in [-0.2, 0) is 14.8 Å². The Balaban J connectivity index is 2.65. The highest BCUT2D eigenvalue weighted by atomic mass is 32.2. The van der Waals surface area contributed by atoms with Crippen LogP contribution in [0.4, 0.5) is 4.79 Å². The van der Waals surface area contributed by atoms with Crippen LogP contribution in [-0.4, -0.2) is 24.7 Å². The van der Waals surface area contributed by atoms with Crippen molar-refractivity contribution in [3.05, 3.63) is 30.5 Å². The second kappa shape index (κ2) is 4.60. The quantitative estimate of drug-likeness (QED) is 0.872. The average Bonchev–Trinajstić information content (AvgIpc) is 2.68. The molecule has 0 saturated heterocycles. The van der Waals surface area contributed by atoms with E-state index in [-0.39, 0.29) is 10.4 Å². The lowest BCUT2D eigenvalue weighted by Crippen LogP contribution is -2.27. The van der Waals surface area contributed by atoms with Crippen molar-refractivity contribution >= 4 is 27.0 Å². The molecule has 20 heavy (non-hydrogen) atoms. The Kier molecular flexibility index (Phi) is 3.35. The molecule has 0 radical (unpaired) electrons. The van der Waals surface area contributed by atoms with Crippen LogP contribution < -0.4 is 5.14 Å². The number of carbonyl (C=O) groups excluding carboxylic acids is 1. The van der Waals surface area contributed by atoms with Gasteiger partial charge in [0.1, 0.15) is 10.5 Å². The van der Waals surface area contributed by atoms with Crippen LogP contribution in [0, 0.1) is 0 Å². The molecule has 0 atom stereocenters. The van der Waals surface area contributed by atoms with E-state index in [9.17, 15) is 13.2 Å². The second-order valence-corrected chi connectivity index (χ2v) is 6.93. The lowest BCUT2D eigenvalue weighted by atomic mass is 10.2. The van der Waals surface area contributed by atoms with Gasteiger partial charge in [-0.25, -0.2) is 18.4 Å². The van der Waals surface area contributed by atoms with Gasteiger partial charge >= 0.3 is 6.09 Å². The topological polar surface area (TPSA) is 91.4 Å². The molecule has 6 nitrogen and oxygen atoms in total. The Hall–Kier alpha value is -1.86. The molecule has 0 spiro atoms. The number of nitrogens with two attached hydrogens (primary N) is 1. The summed E-state index contributed by atoms with van der Waals surface area (Å²) in [7, 11) is -3.93. The van der Waals surface area contributed by atoms with Gasteiger partial charge in [-0.1, -0.05) is 12.1 Å². The highest BCUT2D eigenvalue weighted by Crippen LogP contribution is 2.24. The Morgan fingerprint density at radius 3 is 2.45 bits per heavy atom. The smallest absolute Gasteiger partial charge is 0.419 e. The molecule has 1 heterocycles. The summed E-state index contributed by atoms with van der Waals surface area (Å²) >= 11 is 0. The molecule has 2 aromatic rings. The Morgan fingerprint density at radius 2 is 1.90 bits per heavy atom. The lowest BCUT2D eigenvalue weighted by Gasteiger charge is -2.20. The first-order valence-corrected chi connectivity index (χ1v) is 7.50. The van der Waals surface area contributed by atoms with E-state index < -0.39 is 21.7 Å². The maximum atomic E-state index is 12.1. The van der Waals surface area contributed by atoms with Gasteiger partial charge in [0, 0.05) is 11.6 Å². The maximum absolute atomic E-state index is 12.1. The van der Waals surface area contributed by atoms with E-state index in [1.165, 1.54) is 12.3 Å². The predicted molar refractivity (Wildman–Crippen MR) is 74.9 cm³/mol. The van der Waals surface area contributed by atoms with Crippen LogP contribution in [0.2, 0.25) is 0 Å². The molecule has 0 amide bonds. The van der Waals surface area contributed by atoms with Gasteiger partial charge in [0.25, 0.3) is 0 Å². The van der Waals surface area contributed by atoms with Crippen molar-refractivity contribution in [1.29, 1.82) is 0 Å². The molecule has 0 aliphatic carbocycles. The Labute approximate surface area is 117 Å². The summed E-state index contributed by atoms with van der Waals surface area (Å²) in [4.78, 5) is 12.0. The first kappa shape index (κ1) is 14.5. The summed E-state index contributed by atoms with van der Waals surface area (Å²) < 4.78 is 29.6. The largest absolute Gasteiger partial charge is 0.443 e. The molecular weight excluding hydrogens is 280 g/mol. The molecule has 0 aliphatic rings. The Bertz CT molecular complexity index is 769. The van der Waals surface area contributed by atoms with Crippen molar-refractivity contribution < 1.29 is 17.9 Å². The van der Waals surface area contributed by atoms with E-state index in [2.05, 4.69) is 0 Å². The maximum Gasteiger partial charge on any atom is 0.419 e. The number of carbonyl (C=O) groups is 1. The number of fused-ring (bicyclic) bond motifs is 1. The number of primary sulfonamides is 1. The van der Waals surface area contributed by atoms with Gasteiger partial charge in [-0.3, -0.25) is 4.57 Å². The number of ether oxygens (including phenoxy) is 1. The number of aromatic nitrogens is 1. The van der Waals surface area contributed by atoms with Crippen LogP contribution in [0.3, 0.4) is 0 Å². The Morgan fingerprint density at radius 1 is 1.25 bits per heavy atom. The number of rotatable bonds is 1. The van der Waals surface area contributed by atoms with Crippen LogP contribution in [0.1, 0.15) is 20.8 Å². The van der Waals surface area contributed by atoms with Crippen molar-refractivity contribution in [1.82, 2.24) is 4.57 Å². The first-order valence-electron chi connectivity index (χ1n) is 5.96. The van der Waals surface area contributed by atoms with Gasteiger partial charge in [0.05, 0.1) is 5.52 Å². The number of benzene rings is 1. The summed E-state index contributed by atoms with van der Waals surface area (Å²) in [5.41, 5.74) is -0.450. The minimum absolute atomic E-state index is 0.106. The fraction of sp³-hybridized carbons (Fsp3) is 0.308. The molecular formula is C13H16N2O4S. The fourth-order valence-corrected chi connectivity index (χ4v) is 2.61. The monoisotopic (exact) mass is 296 g/mol. The molecule has 0 unspecified atom stereocenters. The summed E-state index contributed by atoms with van der Waals surface area (Å²) in [6, 6.07) is 6.26. The van der Waals surface area contributed by atoms with Crippen molar-refractivity contribution in [3.8, 4) is 0 Å². The highest BCUT2D eigenvalue weighted by Gasteiger charge is 2.22.